The van der Waals surface area contributed by atoms with Crippen LogP contribution in [0.1, 0.15) is 42.9 Å². The fourth-order valence-corrected chi connectivity index (χ4v) is 2.15. The van der Waals surface area contributed by atoms with E-state index >= 15 is 0 Å². The minimum atomic E-state index is -4.34. The summed E-state index contributed by atoms with van der Waals surface area (Å²) in [5.41, 5.74) is -0.140. The summed E-state index contributed by atoms with van der Waals surface area (Å²) in [5, 5.41) is 2.77. The predicted molar refractivity (Wildman–Crippen MR) is 60.8 cm³/mol. The predicted octanol–water partition coefficient (Wildman–Crippen LogP) is 3.44. The van der Waals surface area contributed by atoms with Crippen LogP contribution in [0.3, 0.4) is 0 Å². The lowest BCUT2D eigenvalue weighted by Gasteiger charge is -2.17. The molecule has 1 aromatic carbocycles. The number of carbonyl (C=O) groups excluding carboxylic acids is 1. The zero-order valence-electron chi connectivity index (χ0n) is 9.76. The molecule has 2 rings (SSSR count). The number of rotatable bonds is 1. The highest BCUT2D eigenvalue weighted by molar-refractivity contribution is 5.76. The molecule has 1 N–H and O–H groups in total. The van der Waals surface area contributed by atoms with E-state index in [0.29, 0.717) is 18.4 Å². The maximum atomic E-state index is 12.6. The lowest BCUT2D eigenvalue weighted by atomic mass is 10.00. The van der Waals surface area contributed by atoms with Crippen LogP contribution in [0.15, 0.2) is 24.3 Å². The second kappa shape index (κ2) is 5.00. The van der Waals surface area contributed by atoms with Gasteiger partial charge in [0.2, 0.25) is 5.91 Å². The minimum Gasteiger partial charge on any atom is -0.349 e. The van der Waals surface area contributed by atoms with Crippen LogP contribution in [0.25, 0.3) is 0 Å². The summed E-state index contributed by atoms with van der Waals surface area (Å²) in [6.45, 7) is 0. The molecule has 0 aromatic heterocycles. The number of amides is 1. The molecule has 2 nitrogen and oxygen atoms in total. The van der Waals surface area contributed by atoms with Gasteiger partial charge in [-0.25, -0.2) is 0 Å². The maximum absolute atomic E-state index is 12.6. The fourth-order valence-electron chi connectivity index (χ4n) is 2.15. The third-order valence-electron chi connectivity index (χ3n) is 3.10. The Morgan fingerprint density at radius 1 is 1.22 bits per heavy atom. The molecular formula is C13H14F3NO. The van der Waals surface area contributed by atoms with Crippen molar-refractivity contribution in [2.24, 2.45) is 0 Å². The van der Waals surface area contributed by atoms with E-state index in [1.54, 1.807) is 6.07 Å². The molecule has 1 aliphatic rings. The van der Waals surface area contributed by atoms with Gasteiger partial charge in [0.05, 0.1) is 11.6 Å². The summed E-state index contributed by atoms with van der Waals surface area (Å²) in [6, 6.07) is 4.88. The Balaban J connectivity index is 2.24. The van der Waals surface area contributed by atoms with E-state index in [2.05, 4.69) is 5.32 Å². The van der Waals surface area contributed by atoms with E-state index < -0.39 is 11.7 Å². The van der Waals surface area contributed by atoms with Crippen molar-refractivity contribution in [2.45, 2.75) is 37.9 Å². The van der Waals surface area contributed by atoms with Crippen LogP contribution in [-0.2, 0) is 11.0 Å². The van der Waals surface area contributed by atoms with Crippen molar-refractivity contribution >= 4 is 5.91 Å². The average molecular weight is 257 g/mol. The van der Waals surface area contributed by atoms with Gasteiger partial charge in [-0.2, -0.15) is 13.2 Å². The van der Waals surface area contributed by atoms with Gasteiger partial charge in [-0.1, -0.05) is 18.6 Å². The summed E-state index contributed by atoms with van der Waals surface area (Å²) in [4.78, 5) is 11.4. The topological polar surface area (TPSA) is 29.1 Å². The minimum absolute atomic E-state index is 0.0880. The molecule has 1 unspecified atom stereocenters. The van der Waals surface area contributed by atoms with Gasteiger partial charge in [0.25, 0.3) is 0 Å². The van der Waals surface area contributed by atoms with Crippen molar-refractivity contribution in [1.29, 1.82) is 0 Å². The van der Waals surface area contributed by atoms with E-state index in [-0.39, 0.29) is 11.9 Å². The Morgan fingerprint density at radius 2 is 2.00 bits per heavy atom. The fraction of sp³-hybridized carbons (Fsp3) is 0.462. The molecule has 1 amide bonds. The monoisotopic (exact) mass is 257 g/mol. The van der Waals surface area contributed by atoms with Crippen LogP contribution >= 0.6 is 0 Å². The van der Waals surface area contributed by atoms with E-state index in [1.807, 2.05) is 0 Å². The molecule has 1 aromatic rings. The second-order valence-corrected chi connectivity index (χ2v) is 4.49. The van der Waals surface area contributed by atoms with Crippen LogP contribution in [0.5, 0.6) is 0 Å². The summed E-state index contributed by atoms with van der Waals surface area (Å²) in [7, 11) is 0. The molecule has 98 valence electrons. The van der Waals surface area contributed by atoms with Gasteiger partial charge >= 0.3 is 6.18 Å². The van der Waals surface area contributed by atoms with Crippen molar-refractivity contribution in [1.82, 2.24) is 5.32 Å². The van der Waals surface area contributed by atoms with Crippen molar-refractivity contribution in [3.05, 3.63) is 35.4 Å². The molecule has 0 bridgehead atoms. The van der Waals surface area contributed by atoms with Crippen LogP contribution in [0.4, 0.5) is 13.2 Å². The molecule has 1 aliphatic heterocycles. The molecule has 18 heavy (non-hydrogen) atoms. The number of hydrogen-bond acceptors (Lipinski definition) is 1. The number of halogens is 3. The Bertz CT molecular complexity index is 442. The highest BCUT2D eigenvalue weighted by atomic mass is 19.4. The molecule has 0 saturated carbocycles. The standard InChI is InChI=1S/C13H14F3NO/c14-13(15,16)10-5-3-4-9(8-10)11-6-1-2-7-12(18)17-11/h3-5,8,11H,1-2,6-7H2,(H,17,18). The number of nitrogens with one attached hydrogen (secondary N) is 1. The molecule has 0 radical (unpaired) electrons. The van der Waals surface area contributed by atoms with Gasteiger partial charge in [-0.3, -0.25) is 4.79 Å². The zero-order chi connectivity index (χ0) is 13.2. The number of benzene rings is 1. The van der Waals surface area contributed by atoms with Crippen LogP contribution in [-0.4, -0.2) is 5.91 Å². The van der Waals surface area contributed by atoms with E-state index in [0.717, 1.165) is 25.0 Å². The molecule has 1 fully saturated rings. The first kappa shape index (κ1) is 12.9. The van der Waals surface area contributed by atoms with Gasteiger partial charge in [-0.15, -0.1) is 0 Å². The largest absolute Gasteiger partial charge is 0.416 e. The molecule has 1 atom stereocenters. The van der Waals surface area contributed by atoms with Crippen molar-refractivity contribution in [2.75, 3.05) is 0 Å². The molecule has 1 saturated heterocycles. The molecule has 0 aliphatic carbocycles. The van der Waals surface area contributed by atoms with E-state index in [4.69, 9.17) is 0 Å². The Kier molecular flexibility index (Phi) is 3.59. The quantitative estimate of drug-likeness (QED) is 0.820. The van der Waals surface area contributed by atoms with Gasteiger partial charge in [-0.05, 0) is 30.5 Å². The van der Waals surface area contributed by atoms with Gasteiger partial charge in [0.1, 0.15) is 0 Å². The second-order valence-electron chi connectivity index (χ2n) is 4.49. The summed E-state index contributed by atoms with van der Waals surface area (Å²) in [5.74, 6) is -0.0880. The summed E-state index contributed by atoms with van der Waals surface area (Å²) >= 11 is 0. The maximum Gasteiger partial charge on any atom is 0.416 e. The van der Waals surface area contributed by atoms with Crippen LogP contribution in [0.2, 0.25) is 0 Å². The smallest absolute Gasteiger partial charge is 0.349 e. The van der Waals surface area contributed by atoms with Crippen molar-refractivity contribution in [3.63, 3.8) is 0 Å². The third-order valence-corrected chi connectivity index (χ3v) is 3.10. The van der Waals surface area contributed by atoms with E-state index in [1.165, 1.54) is 6.07 Å². The normalized spacial score (nSPS) is 21.3. The van der Waals surface area contributed by atoms with Crippen molar-refractivity contribution < 1.29 is 18.0 Å². The van der Waals surface area contributed by atoms with Gasteiger partial charge in [0.15, 0.2) is 0 Å². The number of alkyl halides is 3. The average Bonchev–Trinajstić information content (AvgIpc) is 2.53. The molecule has 1 heterocycles. The molecule has 5 heteroatoms. The number of carbonyl (C=O) groups is 1. The first-order chi connectivity index (χ1) is 8.47. The highest BCUT2D eigenvalue weighted by Crippen LogP contribution is 2.32. The Morgan fingerprint density at radius 3 is 2.72 bits per heavy atom. The summed E-state index contributed by atoms with van der Waals surface area (Å²) in [6.07, 6.45) is -1.56. The highest BCUT2D eigenvalue weighted by Gasteiger charge is 2.31. The van der Waals surface area contributed by atoms with Gasteiger partial charge < -0.3 is 5.32 Å². The third kappa shape index (κ3) is 3.03. The van der Waals surface area contributed by atoms with E-state index in [9.17, 15) is 18.0 Å². The summed E-state index contributed by atoms with van der Waals surface area (Å²) < 4.78 is 37.8. The SMILES string of the molecule is O=C1CCCCC(c2cccc(C(F)(F)F)c2)N1. The van der Waals surface area contributed by atoms with Crippen LogP contribution < -0.4 is 5.32 Å². The van der Waals surface area contributed by atoms with Crippen molar-refractivity contribution in [3.8, 4) is 0 Å². The number of hydrogen-bond donors (Lipinski definition) is 1. The Labute approximate surface area is 103 Å². The molecule has 0 spiro atoms. The zero-order valence-corrected chi connectivity index (χ0v) is 9.76. The van der Waals surface area contributed by atoms with Gasteiger partial charge in [0, 0.05) is 6.42 Å². The lowest BCUT2D eigenvalue weighted by molar-refractivity contribution is -0.137. The molecular weight excluding hydrogens is 243 g/mol. The van der Waals surface area contributed by atoms with Crippen LogP contribution in [0, 0.1) is 0 Å². The first-order valence-electron chi connectivity index (χ1n) is 5.93. The lowest BCUT2D eigenvalue weighted by Crippen LogP contribution is -2.26. The first-order valence-corrected chi connectivity index (χ1v) is 5.93. The Hall–Kier alpha value is -1.52.